The van der Waals surface area contributed by atoms with Gasteiger partial charge in [-0.15, -0.1) is 0 Å². The largest absolute Gasteiger partial charge is 0.379 e. The first-order valence-electron chi connectivity index (χ1n) is 11.9. The summed E-state index contributed by atoms with van der Waals surface area (Å²) in [6, 6.07) is 21.8. The lowest BCUT2D eigenvalue weighted by atomic mass is 10.1. The van der Waals surface area contributed by atoms with Crippen LogP contribution in [0.5, 0.6) is 0 Å². The number of morpholine rings is 1. The Morgan fingerprint density at radius 2 is 1.78 bits per heavy atom. The van der Waals surface area contributed by atoms with Crippen molar-refractivity contribution in [1.29, 1.82) is 0 Å². The molecule has 37 heavy (non-hydrogen) atoms. The number of nitrogens with zero attached hydrogens (tertiary/aromatic N) is 4. The molecule has 3 aromatic rings. The van der Waals surface area contributed by atoms with Gasteiger partial charge in [-0.2, -0.15) is 9.41 Å². The van der Waals surface area contributed by atoms with E-state index in [0.29, 0.717) is 13.2 Å². The van der Waals surface area contributed by atoms with Gasteiger partial charge in [-0.05, 0) is 42.3 Å². The zero-order valence-electron chi connectivity index (χ0n) is 20.5. The highest BCUT2D eigenvalue weighted by molar-refractivity contribution is 7.89. The van der Waals surface area contributed by atoms with E-state index in [1.54, 1.807) is 6.21 Å². The summed E-state index contributed by atoms with van der Waals surface area (Å²) < 4.78 is 32.2. The number of rotatable bonds is 10. The van der Waals surface area contributed by atoms with Crippen LogP contribution in [0, 0.1) is 10.1 Å². The molecule has 0 atom stereocenters. The van der Waals surface area contributed by atoms with Gasteiger partial charge in [0.05, 0.1) is 29.2 Å². The van der Waals surface area contributed by atoms with Gasteiger partial charge < -0.3 is 9.64 Å². The van der Waals surface area contributed by atoms with Crippen molar-refractivity contribution >= 4 is 33.3 Å². The number of hydrazone groups is 1. The molecule has 1 aliphatic heterocycles. The minimum Gasteiger partial charge on any atom is -0.379 e. The summed E-state index contributed by atoms with van der Waals surface area (Å²) in [6.45, 7) is 4.76. The molecule has 0 radical (unpaired) electrons. The van der Waals surface area contributed by atoms with Crippen molar-refractivity contribution in [1.82, 2.24) is 4.31 Å². The smallest absolute Gasteiger partial charge is 0.295 e. The van der Waals surface area contributed by atoms with Crippen LogP contribution in [0.15, 0.2) is 82.8 Å². The Balaban J connectivity index is 1.44. The minimum absolute atomic E-state index is 0.0961. The molecule has 1 fully saturated rings. The molecule has 0 aromatic heterocycles. The van der Waals surface area contributed by atoms with Gasteiger partial charge in [-0.3, -0.25) is 15.5 Å². The second-order valence-corrected chi connectivity index (χ2v) is 10.4. The number of hydrogen-bond donors (Lipinski definition) is 1. The lowest BCUT2D eigenvalue weighted by Gasteiger charge is -2.26. The molecule has 1 N–H and O–H groups in total. The molecular weight excluding hydrogens is 494 g/mol. The van der Waals surface area contributed by atoms with E-state index in [1.807, 2.05) is 42.5 Å². The summed E-state index contributed by atoms with van der Waals surface area (Å²) >= 11 is 0. The highest BCUT2D eigenvalue weighted by atomic mass is 32.2. The van der Waals surface area contributed by atoms with Crippen LogP contribution < -0.4 is 10.3 Å². The Morgan fingerprint density at radius 3 is 2.43 bits per heavy atom. The first kappa shape index (κ1) is 26.3. The standard InChI is InChI=1S/C26H29N5O5S/c1-2-29(20-22-6-4-3-5-7-22)23-10-8-21(9-11-23)19-27-28-25-13-12-24(18-26(25)31(32)33)37(34,35)30-14-16-36-17-15-30/h3-13,18-19,28H,2,14-17,20H2,1H3. The number of sulfonamides is 1. The van der Waals surface area contributed by atoms with Crippen molar-refractivity contribution in [2.45, 2.75) is 18.4 Å². The maximum atomic E-state index is 12.9. The van der Waals surface area contributed by atoms with Crippen LogP contribution in [0.3, 0.4) is 0 Å². The van der Waals surface area contributed by atoms with E-state index >= 15 is 0 Å². The number of nitro benzene ring substituents is 1. The summed E-state index contributed by atoms with van der Waals surface area (Å²) in [7, 11) is -3.85. The first-order valence-corrected chi connectivity index (χ1v) is 13.4. The topological polar surface area (TPSA) is 117 Å². The van der Waals surface area contributed by atoms with Gasteiger partial charge in [0, 0.05) is 37.9 Å². The summed E-state index contributed by atoms with van der Waals surface area (Å²) in [5.41, 5.74) is 5.50. The Bertz CT molecular complexity index is 1340. The lowest BCUT2D eigenvalue weighted by molar-refractivity contribution is -0.384. The van der Waals surface area contributed by atoms with Gasteiger partial charge in [-0.1, -0.05) is 42.5 Å². The highest BCUT2D eigenvalue weighted by Crippen LogP contribution is 2.29. The molecule has 3 aromatic carbocycles. The van der Waals surface area contributed by atoms with Crippen LogP contribution in [-0.2, 0) is 21.3 Å². The molecule has 0 aliphatic carbocycles. The van der Waals surface area contributed by atoms with Gasteiger partial charge in [0.15, 0.2) is 0 Å². The van der Waals surface area contributed by atoms with E-state index in [0.717, 1.165) is 30.4 Å². The van der Waals surface area contributed by atoms with Crippen LogP contribution in [0.25, 0.3) is 0 Å². The molecule has 194 valence electrons. The number of ether oxygens (including phenoxy) is 1. The lowest BCUT2D eigenvalue weighted by Crippen LogP contribution is -2.40. The van der Waals surface area contributed by atoms with Gasteiger partial charge in [0.1, 0.15) is 5.69 Å². The maximum Gasteiger partial charge on any atom is 0.295 e. The van der Waals surface area contributed by atoms with Gasteiger partial charge in [0.2, 0.25) is 10.0 Å². The van der Waals surface area contributed by atoms with Gasteiger partial charge >= 0.3 is 0 Å². The molecule has 1 aliphatic rings. The van der Waals surface area contributed by atoms with Crippen LogP contribution in [0.1, 0.15) is 18.1 Å². The SMILES string of the molecule is CCN(Cc1ccccc1)c1ccc(C=NNc2ccc(S(=O)(=O)N3CCOCC3)cc2[N+](=O)[O-])cc1. The second kappa shape index (κ2) is 12.0. The number of benzene rings is 3. The van der Waals surface area contributed by atoms with E-state index < -0.39 is 14.9 Å². The predicted molar refractivity (Wildman–Crippen MR) is 143 cm³/mol. The molecule has 0 saturated carbocycles. The van der Waals surface area contributed by atoms with E-state index in [2.05, 4.69) is 34.5 Å². The molecule has 0 unspecified atom stereocenters. The van der Waals surface area contributed by atoms with Crippen molar-refractivity contribution in [2.75, 3.05) is 43.2 Å². The fourth-order valence-electron chi connectivity index (χ4n) is 3.99. The number of hydrogen-bond acceptors (Lipinski definition) is 8. The third kappa shape index (κ3) is 6.50. The average molecular weight is 524 g/mol. The zero-order valence-corrected chi connectivity index (χ0v) is 21.3. The van der Waals surface area contributed by atoms with Crippen LogP contribution in [0.2, 0.25) is 0 Å². The molecule has 11 heteroatoms. The second-order valence-electron chi connectivity index (χ2n) is 8.41. The molecule has 0 amide bonds. The van der Waals surface area contributed by atoms with Crippen LogP contribution in [-0.4, -0.2) is 56.7 Å². The first-order chi connectivity index (χ1) is 17.9. The molecule has 0 bridgehead atoms. The molecule has 4 rings (SSSR count). The molecule has 10 nitrogen and oxygen atoms in total. The van der Waals surface area contributed by atoms with Crippen LogP contribution in [0.4, 0.5) is 17.1 Å². The zero-order chi connectivity index (χ0) is 26.3. The molecule has 1 heterocycles. The molecule has 0 spiro atoms. The van der Waals surface area contributed by atoms with Gasteiger partial charge in [-0.25, -0.2) is 8.42 Å². The Morgan fingerprint density at radius 1 is 1.08 bits per heavy atom. The summed E-state index contributed by atoms with van der Waals surface area (Å²) in [4.78, 5) is 13.1. The number of anilines is 2. The third-order valence-electron chi connectivity index (χ3n) is 6.03. The van der Waals surface area contributed by atoms with E-state index in [9.17, 15) is 18.5 Å². The minimum atomic E-state index is -3.85. The average Bonchev–Trinajstić information content (AvgIpc) is 2.93. The normalized spacial score (nSPS) is 14.5. The van der Waals surface area contributed by atoms with Crippen LogP contribution >= 0.6 is 0 Å². The van der Waals surface area contributed by atoms with Crippen molar-refractivity contribution in [3.8, 4) is 0 Å². The number of nitro groups is 1. The van der Waals surface area contributed by atoms with Crippen molar-refractivity contribution in [2.24, 2.45) is 5.10 Å². The fraction of sp³-hybridized carbons (Fsp3) is 0.269. The Kier molecular flexibility index (Phi) is 8.49. The van der Waals surface area contributed by atoms with Crippen molar-refractivity contribution in [3.63, 3.8) is 0 Å². The van der Waals surface area contributed by atoms with Gasteiger partial charge in [0.25, 0.3) is 5.69 Å². The molecule has 1 saturated heterocycles. The Hall–Kier alpha value is -3.80. The predicted octanol–water partition coefficient (Wildman–Crippen LogP) is 4.09. The maximum absolute atomic E-state index is 12.9. The summed E-state index contributed by atoms with van der Waals surface area (Å²) in [6.07, 6.45) is 1.55. The molecular formula is C26H29N5O5S. The quantitative estimate of drug-likeness (QED) is 0.242. The van der Waals surface area contributed by atoms with E-state index in [-0.39, 0.29) is 29.4 Å². The van der Waals surface area contributed by atoms with Crippen molar-refractivity contribution < 1.29 is 18.1 Å². The summed E-state index contributed by atoms with van der Waals surface area (Å²) in [5.74, 6) is 0. The highest BCUT2D eigenvalue weighted by Gasteiger charge is 2.28. The van der Waals surface area contributed by atoms with Crippen molar-refractivity contribution in [3.05, 3.63) is 94.0 Å². The fourth-order valence-corrected chi connectivity index (χ4v) is 5.42. The van der Waals surface area contributed by atoms with E-state index in [4.69, 9.17) is 4.74 Å². The number of nitrogens with one attached hydrogen (secondary N) is 1. The van der Waals surface area contributed by atoms with E-state index in [1.165, 1.54) is 22.0 Å². The summed E-state index contributed by atoms with van der Waals surface area (Å²) in [5, 5.41) is 15.8. The Labute approximate surface area is 216 Å². The monoisotopic (exact) mass is 523 g/mol. The third-order valence-corrected chi connectivity index (χ3v) is 7.92.